The first-order valence-corrected chi connectivity index (χ1v) is 11.6. The number of amides is 1. The van der Waals surface area contributed by atoms with Gasteiger partial charge in [-0.05, 0) is 61.4 Å². The van der Waals surface area contributed by atoms with E-state index in [2.05, 4.69) is 10.0 Å². The number of halogens is 1. The summed E-state index contributed by atoms with van der Waals surface area (Å²) in [5.74, 6) is 0.213. The van der Waals surface area contributed by atoms with E-state index in [1.165, 1.54) is 18.2 Å². The van der Waals surface area contributed by atoms with Crippen molar-refractivity contribution in [3.8, 4) is 5.75 Å². The van der Waals surface area contributed by atoms with E-state index in [1.807, 2.05) is 37.3 Å². The summed E-state index contributed by atoms with van der Waals surface area (Å²) in [5.41, 5.74) is 1.57. The predicted octanol–water partition coefficient (Wildman–Crippen LogP) is 4.51. The summed E-state index contributed by atoms with van der Waals surface area (Å²) in [6.07, 6.45) is 0.654. The molecule has 0 saturated carbocycles. The molecule has 0 aliphatic carbocycles. The van der Waals surface area contributed by atoms with E-state index in [0.29, 0.717) is 31.0 Å². The lowest BCUT2D eigenvalue weighted by molar-refractivity contribution is 0.0954. The second-order valence-electron chi connectivity index (χ2n) is 6.70. The summed E-state index contributed by atoms with van der Waals surface area (Å²) in [6.45, 7) is 2.79. The van der Waals surface area contributed by atoms with Gasteiger partial charge in [0.1, 0.15) is 5.75 Å². The summed E-state index contributed by atoms with van der Waals surface area (Å²) in [6, 6.07) is 20.3. The second-order valence-corrected chi connectivity index (χ2v) is 8.79. The first-order valence-electron chi connectivity index (χ1n) is 9.76. The summed E-state index contributed by atoms with van der Waals surface area (Å²) >= 11 is 6.15. The number of benzene rings is 3. The lowest BCUT2D eigenvalue weighted by atomic mass is 10.1. The van der Waals surface area contributed by atoms with E-state index in [4.69, 9.17) is 16.3 Å². The maximum atomic E-state index is 12.8. The first-order chi connectivity index (χ1) is 14.9. The van der Waals surface area contributed by atoms with Crippen molar-refractivity contribution in [3.63, 3.8) is 0 Å². The van der Waals surface area contributed by atoms with Crippen LogP contribution >= 0.6 is 11.6 Å². The number of sulfonamides is 1. The topological polar surface area (TPSA) is 84.5 Å². The van der Waals surface area contributed by atoms with Gasteiger partial charge in [-0.2, -0.15) is 0 Å². The highest BCUT2D eigenvalue weighted by Crippen LogP contribution is 2.23. The lowest BCUT2D eigenvalue weighted by Crippen LogP contribution is -2.26. The van der Waals surface area contributed by atoms with E-state index in [9.17, 15) is 13.2 Å². The molecule has 3 rings (SSSR count). The number of hydrogen-bond donors (Lipinski definition) is 2. The molecule has 0 spiro atoms. The molecule has 0 atom stereocenters. The molecule has 0 radical (unpaired) electrons. The van der Waals surface area contributed by atoms with Crippen LogP contribution in [-0.4, -0.2) is 27.5 Å². The van der Waals surface area contributed by atoms with Crippen LogP contribution in [0, 0.1) is 0 Å². The molecule has 6 nitrogen and oxygen atoms in total. The van der Waals surface area contributed by atoms with Gasteiger partial charge in [0.25, 0.3) is 15.9 Å². The maximum absolute atomic E-state index is 12.8. The molecule has 0 saturated heterocycles. The number of carbonyl (C=O) groups is 1. The summed E-state index contributed by atoms with van der Waals surface area (Å²) in [7, 11) is -3.90. The highest BCUT2D eigenvalue weighted by Gasteiger charge is 2.19. The van der Waals surface area contributed by atoms with Gasteiger partial charge in [0.2, 0.25) is 0 Å². The van der Waals surface area contributed by atoms with Crippen molar-refractivity contribution in [3.05, 3.63) is 88.9 Å². The van der Waals surface area contributed by atoms with Crippen LogP contribution in [0.3, 0.4) is 0 Å². The Morgan fingerprint density at radius 2 is 1.71 bits per heavy atom. The molecule has 3 aromatic rings. The van der Waals surface area contributed by atoms with Gasteiger partial charge in [-0.1, -0.05) is 41.9 Å². The monoisotopic (exact) mass is 458 g/mol. The standard InChI is InChI=1S/C23H23ClN2O4S/c1-2-30-19-10-8-18(9-11-19)26-31(28,29)20-12-13-22(24)21(16-20)23(27)25-15-14-17-6-4-3-5-7-17/h3-13,16,26H,2,14-15H2,1H3,(H,25,27). The molecule has 0 heterocycles. The summed E-state index contributed by atoms with van der Waals surface area (Å²) in [4.78, 5) is 12.5. The van der Waals surface area contributed by atoms with Crippen LogP contribution in [0.1, 0.15) is 22.8 Å². The molecule has 0 unspecified atom stereocenters. The third kappa shape index (κ3) is 6.23. The lowest BCUT2D eigenvalue weighted by Gasteiger charge is -2.12. The zero-order valence-corrected chi connectivity index (χ0v) is 18.5. The van der Waals surface area contributed by atoms with Crippen LogP contribution in [0.25, 0.3) is 0 Å². The third-order valence-electron chi connectivity index (χ3n) is 4.45. The van der Waals surface area contributed by atoms with Crippen molar-refractivity contribution >= 4 is 33.2 Å². The molecule has 0 fully saturated rings. The molecule has 0 bridgehead atoms. The Balaban J connectivity index is 1.70. The quantitative estimate of drug-likeness (QED) is 0.494. The molecule has 1 amide bonds. The largest absolute Gasteiger partial charge is 0.494 e. The Morgan fingerprint density at radius 3 is 2.39 bits per heavy atom. The van der Waals surface area contributed by atoms with Gasteiger partial charge in [-0.15, -0.1) is 0 Å². The van der Waals surface area contributed by atoms with Crippen molar-refractivity contribution in [2.75, 3.05) is 17.9 Å². The van der Waals surface area contributed by atoms with Gasteiger partial charge in [0.15, 0.2) is 0 Å². The van der Waals surface area contributed by atoms with Crippen LogP contribution in [0.5, 0.6) is 5.75 Å². The van der Waals surface area contributed by atoms with Gasteiger partial charge in [-0.25, -0.2) is 8.42 Å². The van der Waals surface area contributed by atoms with Crippen LogP contribution < -0.4 is 14.8 Å². The van der Waals surface area contributed by atoms with E-state index in [-0.39, 0.29) is 15.5 Å². The molecular formula is C23H23ClN2O4S. The number of nitrogens with one attached hydrogen (secondary N) is 2. The van der Waals surface area contributed by atoms with Gasteiger partial charge in [0, 0.05) is 12.2 Å². The van der Waals surface area contributed by atoms with Crippen molar-refractivity contribution in [2.24, 2.45) is 0 Å². The number of ether oxygens (including phenoxy) is 1. The van der Waals surface area contributed by atoms with Gasteiger partial charge >= 0.3 is 0 Å². The first kappa shape index (κ1) is 22.7. The Kier molecular flexibility index (Phi) is 7.55. The van der Waals surface area contributed by atoms with E-state index in [0.717, 1.165) is 5.56 Å². The zero-order valence-electron chi connectivity index (χ0n) is 17.0. The Morgan fingerprint density at radius 1 is 1.00 bits per heavy atom. The Labute approximate surface area is 187 Å². The zero-order chi connectivity index (χ0) is 22.3. The molecule has 8 heteroatoms. The number of hydrogen-bond acceptors (Lipinski definition) is 4. The van der Waals surface area contributed by atoms with Crippen molar-refractivity contribution in [2.45, 2.75) is 18.2 Å². The van der Waals surface area contributed by atoms with E-state index >= 15 is 0 Å². The number of rotatable bonds is 9. The van der Waals surface area contributed by atoms with Gasteiger partial charge in [-0.3, -0.25) is 9.52 Å². The van der Waals surface area contributed by atoms with Crippen LogP contribution in [-0.2, 0) is 16.4 Å². The summed E-state index contributed by atoms with van der Waals surface area (Å²) < 4.78 is 33.4. The van der Waals surface area contributed by atoms with E-state index in [1.54, 1.807) is 24.3 Å². The highest BCUT2D eigenvalue weighted by molar-refractivity contribution is 7.92. The van der Waals surface area contributed by atoms with Gasteiger partial charge in [0.05, 0.1) is 22.1 Å². The molecular weight excluding hydrogens is 436 g/mol. The molecule has 0 aliphatic rings. The smallest absolute Gasteiger partial charge is 0.261 e. The molecule has 0 aromatic heterocycles. The molecule has 3 aromatic carbocycles. The average molecular weight is 459 g/mol. The minimum atomic E-state index is -3.90. The van der Waals surface area contributed by atoms with Crippen LogP contribution in [0.2, 0.25) is 5.02 Å². The van der Waals surface area contributed by atoms with Crippen LogP contribution in [0.4, 0.5) is 5.69 Å². The summed E-state index contributed by atoms with van der Waals surface area (Å²) in [5, 5.41) is 2.96. The molecule has 31 heavy (non-hydrogen) atoms. The average Bonchev–Trinajstić information content (AvgIpc) is 2.76. The second kappa shape index (κ2) is 10.3. The fourth-order valence-corrected chi connectivity index (χ4v) is 4.19. The van der Waals surface area contributed by atoms with Crippen molar-refractivity contribution in [1.82, 2.24) is 5.32 Å². The van der Waals surface area contributed by atoms with Crippen molar-refractivity contribution in [1.29, 1.82) is 0 Å². The van der Waals surface area contributed by atoms with Crippen molar-refractivity contribution < 1.29 is 17.9 Å². The van der Waals surface area contributed by atoms with E-state index < -0.39 is 15.9 Å². The third-order valence-corrected chi connectivity index (χ3v) is 6.16. The Bertz CT molecular complexity index is 1130. The predicted molar refractivity (Wildman–Crippen MR) is 122 cm³/mol. The number of carbonyl (C=O) groups excluding carboxylic acids is 1. The maximum Gasteiger partial charge on any atom is 0.261 e. The van der Waals surface area contributed by atoms with Crippen LogP contribution in [0.15, 0.2) is 77.7 Å². The Hall–Kier alpha value is -3.03. The normalized spacial score (nSPS) is 11.0. The minimum absolute atomic E-state index is 0.0565. The molecule has 2 N–H and O–H groups in total. The highest BCUT2D eigenvalue weighted by atomic mass is 35.5. The fraction of sp³-hybridized carbons (Fsp3) is 0.174. The SMILES string of the molecule is CCOc1ccc(NS(=O)(=O)c2ccc(Cl)c(C(=O)NCCc3ccccc3)c2)cc1. The van der Waals surface area contributed by atoms with Gasteiger partial charge < -0.3 is 10.1 Å². The molecule has 0 aliphatic heterocycles. The fourth-order valence-electron chi connectivity index (χ4n) is 2.91. The minimum Gasteiger partial charge on any atom is -0.494 e. The number of anilines is 1. The molecule has 162 valence electrons.